The topological polar surface area (TPSA) is 248 Å². The summed E-state index contributed by atoms with van der Waals surface area (Å²) >= 11 is 1.53. The maximum Gasteiger partial charge on any atom is 0.224 e. The maximum atomic E-state index is 13.1. The van der Waals surface area contributed by atoms with Gasteiger partial charge in [0.15, 0.2) is 34.7 Å². The molecule has 1 saturated carbocycles. The van der Waals surface area contributed by atoms with Crippen LogP contribution in [0.5, 0.6) is 0 Å². The molecular weight excluding hydrogens is 795 g/mol. The Morgan fingerprint density at radius 3 is 1.55 bits per heavy atom. The van der Waals surface area contributed by atoms with Crippen LogP contribution in [-0.2, 0) is 52.7 Å². The number of hydrogen-bond donors (Lipinski definition) is 5. The van der Waals surface area contributed by atoms with Gasteiger partial charge in [-0.15, -0.1) is 0 Å². The van der Waals surface area contributed by atoms with E-state index in [4.69, 9.17) is 0 Å². The summed E-state index contributed by atoms with van der Waals surface area (Å²) in [6, 6.07) is -3.54. The van der Waals surface area contributed by atoms with E-state index in [9.17, 15) is 52.7 Å². The van der Waals surface area contributed by atoms with Crippen molar-refractivity contribution in [2.75, 3.05) is 12.0 Å². The predicted molar refractivity (Wildman–Crippen MR) is 227 cm³/mol. The van der Waals surface area contributed by atoms with E-state index in [1.807, 2.05) is 20.1 Å². The fourth-order valence-electron chi connectivity index (χ4n) is 6.38. The van der Waals surface area contributed by atoms with Crippen LogP contribution in [0.3, 0.4) is 0 Å². The lowest BCUT2D eigenvalue weighted by Crippen LogP contribution is -2.58. The number of Topliss-reactive ketones (excluding diaryl/α,β-unsaturated/α-hetero) is 6. The lowest BCUT2D eigenvalue weighted by Gasteiger charge is -2.29. The smallest absolute Gasteiger partial charge is 0.224 e. The highest BCUT2D eigenvalue weighted by atomic mass is 32.2. The fraction of sp³-hybridized carbons (Fsp3) is 0.698. The molecule has 336 valence electrons. The summed E-state index contributed by atoms with van der Waals surface area (Å²) < 4.78 is 0. The van der Waals surface area contributed by atoms with Gasteiger partial charge in [0, 0.05) is 62.7 Å². The minimum Gasteiger partial charge on any atom is -0.347 e. The Kier molecular flexibility index (Phi) is 22.1. The number of amides is 4. The molecule has 0 aromatic heterocycles. The van der Waals surface area contributed by atoms with E-state index in [1.54, 1.807) is 27.7 Å². The first-order chi connectivity index (χ1) is 27.7. The first kappa shape index (κ1) is 53.6. The van der Waals surface area contributed by atoms with Gasteiger partial charge in [0.05, 0.1) is 29.7 Å². The third-order valence-electron chi connectivity index (χ3n) is 10.2. The number of ketones is 6. The third-order valence-corrected chi connectivity index (χ3v) is 10.8. The molecule has 1 rings (SSSR count). The lowest BCUT2D eigenvalue weighted by molar-refractivity contribution is -0.136. The average Bonchev–Trinajstić information content (AvgIpc) is 3.14. The molecule has 6 atom stereocenters. The van der Waals surface area contributed by atoms with Crippen molar-refractivity contribution in [2.45, 2.75) is 164 Å². The van der Waals surface area contributed by atoms with Gasteiger partial charge in [0.2, 0.25) is 23.6 Å². The summed E-state index contributed by atoms with van der Waals surface area (Å²) in [4.78, 5) is 139. The highest BCUT2D eigenvalue weighted by Crippen LogP contribution is 2.35. The SMILES string of the molecule is CSCC[C@@H](C=O)N[C@H](NC(=O)[C@H](C)CC(=O)[C@H](C)NC(=O)CCC(=O)[C@H](C)NC(=O)CCC(=O)[C@H](C)NC(=O)CCC(C)=C1C(=O)CC(C)(C)CC1=O)C(=O)C(C)(C)C. The van der Waals surface area contributed by atoms with Crippen LogP contribution in [0.4, 0.5) is 0 Å². The summed E-state index contributed by atoms with van der Waals surface area (Å²) in [6.07, 6.45) is 1.27. The Balaban J connectivity index is 2.53. The number of rotatable bonds is 26. The van der Waals surface area contributed by atoms with Crippen LogP contribution in [0.25, 0.3) is 0 Å². The highest BCUT2D eigenvalue weighted by molar-refractivity contribution is 7.98. The van der Waals surface area contributed by atoms with Crippen LogP contribution in [-0.4, -0.2) is 107 Å². The van der Waals surface area contributed by atoms with E-state index in [0.29, 0.717) is 24.0 Å². The molecule has 5 N–H and O–H groups in total. The largest absolute Gasteiger partial charge is 0.347 e. The molecule has 4 amide bonds. The van der Waals surface area contributed by atoms with Crippen molar-refractivity contribution in [3.8, 4) is 0 Å². The zero-order valence-corrected chi connectivity index (χ0v) is 38.0. The van der Waals surface area contributed by atoms with Crippen LogP contribution >= 0.6 is 11.8 Å². The predicted octanol–water partition coefficient (Wildman–Crippen LogP) is 2.82. The summed E-state index contributed by atoms with van der Waals surface area (Å²) in [5.41, 5.74) is -0.552. The summed E-state index contributed by atoms with van der Waals surface area (Å²) in [5, 5.41) is 13.1. The summed E-state index contributed by atoms with van der Waals surface area (Å²) in [7, 11) is 0. The molecule has 1 fully saturated rings. The first-order valence-electron chi connectivity index (χ1n) is 20.5. The van der Waals surface area contributed by atoms with Crippen LogP contribution < -0.4 is 26.6 Å². The molecule has 0 heterocycles. The van der Waals surface area contributed by atoms with E-state index in [0.717, 1.165) is 0 Å². The molecule has 0 saturated heterocycles. The molecule has 17 heteroatoms. The Morgan fingerprint density at radius 2 is 1.13 bits per heavy atom. The van der Waals surface area contributed by atoms with Gasteiger partial charge >= 0.3 is 0 Å². The van der Waals surface area contributed by atoms with E-state index in [-0.39, 0.29) is 80.7 Å². The van der Waals surface area contributed by atoms with Crippen molar-refractivity contribution in [1.29, 1.82) is 0 Å². The van der Waals surface area contributed by atoms with E-state index in [2.05, 4.69) is 26.6 Å². The lowest BCUT2D eigenvalue weighted by atomic mass is 9.73. The molecule has 0 bridgehead atoms. The van der Waals surface area contributed by atoms with Crippen molar-refractivity contribution < 1.29 is 52.7 Å². The van der Waals surface area contributed by atoms with E-state index in [1.165, 1.54) is 39.5 Å². The second-order valence-electron chi connectivity index (χ2n) is 17.6. The zero-order valence-electron chi connectivity index (χ0n) is 37.2. The number of carbonyl (C=O) groups excluding carboxylic acids is 11. The van der Waals surface area contributed by atoms with E-state index >= 15 is 0 Å². The van der Waals surface area contributed by atoms with E-state index < -0.39 is 88.1 Å². The molecule has 1 aliphatic carbocycles. The molecule has 0 aromatic carbocycles. The quantitative estimate of drug-likeness (QED) is 0.0364. The van der Waals surface area contributed by atoms with Gasteiger partial charge in [-0.2, -0.15) is 11.8 Å². The van der Waals surface area contributed by atoms with Gasteiger partial charge in [-0.05, 0) is 58.0 Å². The molecule has 0 unspecified atom stereocenters. The molecular formula is C43H67N5O11S. The first-order valence-corrected chi connectivity index (χ1v) is 21.9. The van der Waals surface area contributed by atoms with Crippen molar-refractivity contribution in [1.82, 2.24) is 26.6 Å². The standard InChI is InChI=1S/C43H67N5O11S/c1-24(38-33(53)21-43(9,10)22-34(38)54)12-15-35(55)44-26(3)30(50)13-16-36(56)45-27(4)31(51)14-17-37(57)46-28(5)32(52)20-25(2)41(59)48-40(39(58)42(6,7)8)47-29(23-49)18-19-60-11/h23,25-29,40,47H,12-22H2,1-11H3,(H,44,55)(H,45,56)(H,46,57)(H,48,59)/t25-,26+,27+,28+,29+,40-/m1/s1. The van der Waals surface area contributed by atoms with Crippen LogP contribution in [0.1, 0.15) is 133 Å². The van der Waals surface area contributed by atoms with Gasteiger partial charge in [-0.3, -0.25) is 53.3 Å². The summed E-state index contributed by atoms with van der Waals surface area (Å²) in [6.45, 7) is 16.3. The Labute approximate surface area is 358 Å². The molecule has 0 radical (unpaired) electrons. The molecule has 1 aliphatic rings. The number of carbonyl (C=O) groups is 11. The molecule has 0 aliphatic heterocycles. The zero-order chi connectivity index (χ0) is 46.1. The van der Waals surface area contributed by atoms with Crippen LogP contribution in [0.2, 0.25) is 0 Å². The second-order valence-corrected chi connectivity index (χ2v) is 18.6. The second kappa shape index (κ2) is 24.8. The number of nitrogens with one attached hydrogen (secondary N) is 5. The van der Waals surface area contributed by atoms with Crippen LogP contribution in [0.15, 0.2) is 11.1 Å². The fourth-order valence-corrected chi connectivity index (χ4v) is 6.87. The monoisotopic (exact) mass is 861 g/mol. The molecule has 16 nitrogen and oxygen atoms in total. The number of aldehydes is 1. The maximum absolute atomic E-state index is 13.1. The van der Waals surface area contributed by atoms with Gasteiger partial charge in [0.1, 0.15) is 12.5 Å². The van der Waals surface area contributed by atoms with Gasteiger partial charge in [-0.1, -0.05) is 47.1 Å². The Hall–Kier alpha value is -4.38. The normalized spacial score (nSPS) is 16.9. The van der Waals surface area contributed by atoms with Crippen molar-refractivity contribution in [3.63, 3.8) is 0 Å². The van der Waals surface area contributed by atoms with Gasteiger partial charge < -0.3 is 26.1 Å². The van der Waals surface area contributed by atoms with Gasteiger partial charge in [-0.25, -0.2) is 0 Å². The minimum absolute atomic E-state index is 0.0348. The van der Waals surface area contributed by atoms with Crippen molar-refractivity contribution >= 4 is 76.4 Å². The Bertz CT molecular complexity index is 1660. The molecule has 60 heavy (non-hydrogen) atoms. The van der Waals surface area contributed by atoms with Crippen molar-refractivity contribution in [2.24, 2.45) is 16.7 Å². The highest BCUT2D eigenvalue weighted by Gasteiger charge is 2.37. The average molecular weight is 862 g/mol. The number of allylic oxidation sites excluding steroid dienone is 2. The van der Waals surface area contributed by atoms with Crippen molar-refractivity contribution in [3.05, 3.63) is 11.1 Å². The third kappa shape index (κ3) is 18.9. The summed E-state index contributed by atoms with van der Waals surface area (Å²) in [5.74, 6) is -4.57. The molecule has 0 aromatic rings. The van der Waals surface area contributed by atoms with Crippen LogP contribution in [0, 0.1) is 16.7 Å². The molecule has 0 spiro atoms. The number of thioether (sulfide) groups is 1. The van der Waals surface area contributed by atoms with Gasteiger partial charge in [0.25, 0.3) is 0 Å². The Morgan fingerprint density at radius 1 is 0.700 bits per heavy atom. The number of hydrogen-bond acceptors (Lipinski definition) is 13. The minimum atomic E-state index is -1.16.